The van der Waals surface area contributed by atoms with E-state index in [2.05, 4.69) is 9.88 Å². The number of anilines is 1. The fourth-order valence-corrected chi connectivity index (χ4v) is 6.46. The minimum Gasteiger partial charge on any atom is -0.302 e. The van der Waals surface area contributed by atoms with Gasteiger partial charge in [-0.15, -0.1) is 0 Å². The number of hydrogen-bond acceptors (Lipinski definition) is 8. The molecule has 0 unspecified atom stereocenters. The summed E-state index contributed by atoms with van der Waals surface area (Å²) in [5, 5.41) is 0.377. The van der Waals surface area contributed by atoms with E-state index < -0.39 is 37.2 Å². The van der Waals surface area contributed by atoms with Crippen LogP contribution in [0.3, 0.4) is 0 Å². The van der Waals surface area contributed by atoms with Crippen LogP contribution in [0.25, 0.3) is 10.2 Å². The van der Waals surface area contributed by atoms with Crippen molar-refractivity contribution in [1.29, 1.82) is 0 Å². The van der Waals surface area contributed by atoms with E-state index >= 15 is 0 Å². The third-order valence-corrected chi connectivity index (χ3v) is 9.48. The zero-order valence-corrected chi connectivity index (χ0v) is 22.2. The molecule has 3 rings (SSSR count). The Labute approximate surface area is 209 Å². The van der Waals surface area contributed by atoms with Gasteiger partial charge in [0, 0.05) is 25.8 Å². The highest BCUT2D eigenvalue weighted by Crippen LogP contribution is 2.31. The predicted molar refractivity (Wildman–Crippen MR) is 136 cm³/mol. The third-order valence-electron chi connectivity index (χ3n) is 5.60. The van der Waals surface area contributed by atoms with Crippen LogP contribution in [0, 0.1) is 5.82 Å². The van der Waals surface area contributed by atoms with E-state index in [1.54, 1.807) is 6.07 Å². The summed E-state index contributed by atoms with van der Waals surface area (Å²) in [4.78, 5) is 21.4. The van der Waals surface area contributed by atoms with Gasteiger partial charge >= 0.3 is 0 Å². The maximum atomic E-state index is 13.2. The van der Waals surface area contributed by atoms with Gasteiger partial charge in [0.1, 0.15) is 5.82 Å². The van der Waals surface area contributed by atoms with E-state index in [1.165, 1.54) is 40.5 Å². The Morgan fingerprint density at radius 3 is 2.20 bits per heavy atom. The Kier molecular flexibility index (Phi) is 8.63. The van der Waals surface area contributed by atoms with E-state index in [9.17, 15) is 26.0 Å². The van der Waals surface area contributed by atoms with Crippen LogP contribution in [0.15, 0.2) is 52.3 Å². The average molecular weight is 542 g/mol. The number of carbonyl (C=O) groups excluding carboxylic acids is 1. The number of nitrogens with zero attached hydrogens (tertiary/aromatic N) is 3. The molecular formula is C23H28FN3O5S3. The van der Waals surface area contributed by atoms with E-state index in [-0.39, 0.29) is 16.2 Å². The van der Waals surface area contributed by atoms with Gasteiger partial charge in [-0.05, 0) is 55.6 Å². The fourth-order valence-electron chi connectivity index (χ4n) is 3.46. The molecule has 0 atom stereocenters. The van der Waals surface area contributed by atoms with Crippen LogP contribution in [-0.4, -0.2) is 70.8 Å². The van der Waals surface area contributed by atoms with Gasteiger partial charge in [-0.3, -0.25) is 9.69 Å². The highest BCUT2D eigenvalue weighted by molar-refractivity contribution is 7.91. The summed E-state index contributed by atoms with van der Waals surface area (Å²) in [5.74, 6) is -1.38. The first kappa shape index (κ1) is 27.2. The van der Waals surface area contributed by atoms with Crippen LogP contribution in [0.5, 0.6) is 0 Å². The molecule has 2 aromatic carbocycles. The fraction of sp³-hybridized carbons (Fsp3) is 0.391. The molecule has 1 amide bonds. The molecule has 0 N–H and O–H groups in total. The molecule has 0 saturated carbocycles. The number of hydrogen-bond donors (Lipinski definition) is 0. The molecule has 3 aromatic rings. The summed E-state index contributed by atoms with van der Waals surface area (Å²) in [6.07, 6.45) is 0.847. The Balaban J connectivity index is 1.87. The highest BCUT2D eigenvalue weighted by Gasteiger charge is 2.24. The predicted octanol–water partition coefficient (Wildman–Crippen LogP) is 3.38. The molecule has 0 aliphatic carbocycles. The highest BCUT2D eigenvalue weighted by atomic mass is 32.2. The lowest BCUT2D eigenvalue weighted by Gasteiger charge is -2.24. The molecule has 0 aliphatic heterocycles. The first-order valence-corrected chi connectivity index (χ1v) is 15.4. The van der Waals surface area contributed by atoms with Gasteiger partial charge in [0.25, 0.3) is 0 Å². The summed E-state index contributed by atoms with van der Waals surface area (Å²) in [7, 11) is -7.19. The molecule has 12 heteroatoms. The monoisotopic (exact) mass is 541 g/mol. The molecule has 1 heterocycles. The number of rotatable bonds is 11. The number of amides is 1. The van der Waals surface area contributed by atoms with Crippen molar-refractivity contribution in [2.75, 3.05) is 43.1 Å². The van der Waals surface area contributed by atoms with Crippen LogP contribution in [0.4, 0.5) is 9.52 Å². The van der Waals surface area contributed by atoms with Crippen molar-refractivity contribution >= 4 is 52.3 Å². The normalized spacial score (nSPS) is 12.4. The van der Waals surface area contributed by atoms with Crippen LogP contribution < -0.4 is 4.90 Å². The second-order valence-electron chi connectivity index (χ2n) is 7.99. The van der Waals surface area contributed by atoms with Gasteiger partial charge < -0.3 is 4.90 Å². The van der Waals surface area contributed by atoms with Crippen molar-refractivity contribution in [1.82, 2.24) is 9.88 Å². The minimum atomic E-state index is -3.78. The number of benzene rings is 2. The van der Waals surface area contributed by atoms with E-state index in [4.69, 9.17) is 0 Å². The number of aromatic nitrogens is 1. The van der Waals surface area contributed by atoms with Crippen LogP contribution >= 0.6 is 11.3 Å². The van der Waals surface area contributed by atoms with Gasteiger partial charge in [0.05, 0.1) is 25.8 Å². The summed E-state index contributed by atoms with van der Waals surface area (Å²) >= 11 is 1.18. The lowest BCUT2D eigenvalue weighted by molar-refractivity contribution is -0.118. The Morgan fingerprint density at radius 2 is 1.60 bits per heavy atom. The standard InChI is InChI=1S/C23H28FN3O5S3/c1-4-26(5-2)13-14-27(22(28)12-15-35(31,32)18-8-6-17(24)7-9-18)23-25-20-11-10-19(34(3,29)30)16-21(20)33-23/h6-11,16H,4-5,12-15H2,1-3H3. The Hall–Kier alpha value is -2.41. The molecule has 0 radical (unpaired) electrons. The number of halogens is 1. The topological polar surface area (TPSA) is 105 Å². The number of thiazole rings is 1. The zero-order chi connectivity index (χ0) is 25.8. The van der Waals surface area contributed by atoms with Crippen molar-refractivity contribution in [3.8, 4) is 0 Å². The molecule has 0 saturated heterocycles. The number of fused-ring (bicyclic) bond motifs is 1. The lowest BCUT2D eigenvalue weighted by atomic mass is 10.3. The number of sulfone groups is 2. The summed E-state index contributed by atoms with van der Waals surface area (Å²) in [6, 6.07) is 9.09. The summed E-state index contributed by atoms with van der Waals surface area (Å²) in [6.45, 7) is 6.46. The number of carbonyl (C=O) groups is 1. The van der Waals surface area contributed by atoms with Crippen LogP contribution in [-0.2, 0) is 24.5 Å². The molecular weight excluding hydrogens is 513 g/mol. The van der Waals surface area contributed by atoms with E-state index in [0.717, 1.165) is 31.5 Å². The summed E-state index contributed by atoms with van der Waals surface area (Å²) in [5.41, 5.74) is 0.553. The third kappa shape index (κ3) is 6.84. The minimum absolute atomic E-state index is 0.0466. The van der Waals surface area contributed by atoms with Crippen molar-refractivity contribution in [2.24, 2.45) is 0 Å². The molecule has 0 bridgehead atoms. The van der Waals surface area contributed by atoms with Gasteiger partial charge in [-0.2, -0.15) is 0 Å². The molecule has 1 aromatic heterocycles. The van der Waals surface area contributed by atoms with Crippen molar-refractivity contribution < 1.29 is 26.0 Å². The van der Waals surface area contributed by atoms with Crippen molar-refractivity contribution in [3.05, 3.63) is 48.3 Å². The Bertz CT molecular complexity index is 1400. The maximum absolute atomic E-state index is 13.2. The molecule has 0 fully saturated rings. The second-order valence-corrected chi connectivity index (χ2v) is 13.1. The SMILES string of the molecule is CCN(CC)CCN(C(=O)CCS(=O)(=O)c1ccc(F)cc1)c1nc2ccc(S(C)(=O)=O)cc2s1. The van der Waals surface area contributed by atoms with Gasteiger partial charge in [-0.1, -0.05) is 25.2 Å². The van der Waals surface area contributed by atoms with Crippen LogP contribution in [0.2, 0.25) is 0 Å². The average Bonchev–Trinajstić information content (AvgIpc) is 3.23. The number of likely N-dealkylation sites (N-methyl/N-ethyl adjacent to an activating group) is 1. The van der Waals surface area contributed by atoms with Crippen LogP contribution in [0.1, 0.15) is 20.3 Å². The zero-order valence-electron chi connectivity index (χ0n) is 19.8. The summed E-state index contributed by atoms with van der Waals surface area (Å²) < 4.78 is 63.0. The van der Waals surface area contributed by atoms with Crippen molar-refractivity contribution in [2.45, 2.75) is 30.1 Å². The largest absolute Gasteiger partial charge is 0.302 e. The first-order valence-electron chi connectivity index (χ1n) is 11.1. The molecule has 0 aliphatic rings. The Morgan fingerprint density at radius 1 is 0.971 bits per heavy atom. The maximum Gasteiger partial charge on any atom is 0.229 e. The van der Waals surface area contributed by atoms with Crippen molar-refractivity contribution in [3.63, 3.8) is 0 Å². The van der Waals surface area contributed by atoms with Gasteiger partial charge in [0.2, 0.25) is 5.91 Å². The first-order chi connectivity index (χ1) is 16.4. The van der Waals surface area contributed by atoms with E-state index in [1.807, 2.05) is 13.8 Å². The van der Waals surface area contributed by atoms with E-state index in [0.29, 0.717) is 28.4 Å². The van der Waals surface area contributed by atoms with Gasteiger partial charge in [-0.25, -0.2) is 26.2 Å². The molecule has 35 heavy (non-hydrogen) atoms. The smallest absolute Gasteiger partial charge is 0.229 e. The molecule has 8 nitrogen and oxygen atoms in total. The van der Waals surface area contributed by atoms with Gasteiger partial charge in [0.15, 0.2) is 24.8 Å². The molecule has 190 valence electrons. The quantitative estimate of drug-likeness (QED) is 0.343. The second kappa shape index (κ2) is 11.1. The lowest BCUT2D eigenvalue weighted by Crippen LogP contribution is -2.39. The molecule has 0 spiro atoms.